The molecule has 2 aliphatic heterocycles. The summed E-state index contributed by atoms with van der Waals surface area (Å²) in [4.78, 5) is 29.5. The Morgan fingerprint density at radius 3 is 2.72 bits per heavy atom. The van der Waals surface area contributed by atoms with Crippen LogP contribution in [-0.2, 0) is 4.74 Å². The van der Waals surface area contributed by atoms with Crippen LogP contribution in [0.5, 0.6) is 11.5 Å². The first-order valence-corrected chi connectivity index (χ1v) is 10.8. The summed E-state index contributed by atoms with van der Waals surface area (Å²) in [6, 6.07) is 10.8. The van der Waals surface area contributed by atoms with Gasteiger partial charge in [-0.25, -0.2) is 4.39 Å². The lowest BCUT2D eigenvalue weighted by molar-refractivity contribution is -0.0340. The predicted octanol–water partition coefficient (Wildman–Crippen LogP) is 3.19. The number of carbonyl (C=O) groups is 2. The summed E-state index contributed by atoms with van der Waals surface area (Å²) >= 11 is 0. The van der Waals surface area contributed by atoms with Gasteiger partial charge in [0.25, 0.3) is 11.8 Å². The lowest BCUT2D eigenvalue weighted by Gasteiger charge is -2.36. The molecule has 1 saturated heterocycles. The number of carbonyl (C=O) groups excluding carboxylic acids is 2. The second-order valence-corrected chi connectivity index (χ2v) is 8.43. The van der Waals surface area contributed by atoms with Crippen molar-refractivity contribution in [3.63, 3.8) is 0 Å². The van der Waals surface area contributed by atoms with E-state index in [1.54, 1.807) is 34.1 Å². The van der Waals surface area contributed by atoms with Gasteiger partial charge in [0.1, 0.15) is 5.82 Å². The lowest BCUT2D eigenvalue weighted by atomic mass is 10.1. The monoisotopic (exact) mass is 442 g/mol. The van der Waals surface area contributed by atoms with Crippen molar-refractivity contribution >= 4 is 11.8 Å². The van der Waals surface area contributed by atoms with E-state index in [0.29, 0.717) is 55.4 Å². The van der Waals surface area contributed by atoms with Gasteiger partial charge in [-0.05, 0) is 42.3 Å². The van der Waals surface area contributed by atoms with E-state index in [1.165, 1.54) is 18.2 Å². The molecule has 0 aromatic heterocycles. The first-order chi connectivity index (χ1) is 15.4. The van der Waals surface area contributed by atoms with Gasteiger partial charge in [-0.3, -0.25) is 9.59 Å². The molecule has 2 aromatic rings. The second kappa shape index (κ2) is 9.56. The molecule has 4 rings (SSSR count). The number of rotatable bonds is 6. The van der Waals surface area contributed by atoms with E-state index in [9.17, 15) is 14.0 Å². The van der Waals surface area contributed by atoms with Crippen molar-refractivity contribution in [2.45, 2.75) is 20.0 Å². The van der Waals surface area contributed by atoms with Crippen LogP contribution in [0.2, 0.25) is 0 Å². The Kier molecular flexibility index (Phi) is 6.60. The smallest absolute Gasteiger partial charge is 0.254 e. The Hall–Kier alpha value is -3.13. The van der Waals surface area contributed by atoms with E-state index in [2.05, 4.69) is 0 Å². The third-order valence-corrected chi connectivity index (χ3v) is 5.41. The summed E-state index contributed by atoms with van der Waals surface area (Å²) in [5, 5.41) is 0. The maximum Gasteiger partial charge on any atom is 0.254 e. The number of morpholine rings is 1. The molecule has 0 aliphatic carbocycles. The number of nitrogens with zero attached hydrogens (tertiary/aromatic N) is 2. The molecule has 1 unspecified atom stereocenters. The first kappa shape index (κ1) is 22.1. The van der Waals surface area contributed by atoms with Gasteiger partial charge in [0.05, 0.1) is 12.7 Å². The fourth-order valence-electron chi connectivity index (χ4n) is 3.96. The number of hydrogen-bond acceptors (Lipinski definition) is 5. The largest absolute Gasteiger partial charge is 0.454 e. The van der Waals surface area contributed by atoms with Gasteiger partial charge in [0, 0.05) is 37.3 Å². The van der Waals surface area contributed by atoms with E-state index in [-0.39, 0.29) is 30.6 Å². The summed E-state index contributed by atoms with van der Waals surface area (Å²) in [5.41, 5.74) is 0.819. The minimum atomic E-state index is -0.449. The van der Waals surface area contributed by atoms with Crippen molar-refractivity contribution in [2.24, 2.45) is 5.92 Å². The SMILES string of the molecule is CC(C)CN(CC1CN(C(=O)c2ccc3c(c2)OCO3)CCO1)C(=O)c1cccc(F)c1. The van der Waals surface area contributed by atoms with Gasteiger partial charge in [0.2, 0.25) is 6.79 Å². The maximum absolute atomic E-state index is 13.6. The molecule has 0 radical (unpaired) electrons. The van der Waals surface area contributed by atoms with Crippen LogP contribution in [0.1, 0.15) is 34.6 Å². The molecule has 1 atom stereocenters. The van der Waals surface area contributed by atoms with Crippen LogP contribution in [-0.4, -0.2) is 67.3 Å². The number of hydrogen-bond donors (Lipinski definition) is 0. The van der Waals surface area contributed by atoms with E-state index in [0.717, 1.165) is 0 Å². The molecule has 2 amide bonds. The number of amides is 2. The molecule has 170 valence electrons. The number of halogens is 1. The van der Waals surface area contributed by atoms with E-state index < -0.39 is 5.82 Å². The van der Waals surface area contributed by atoms with Crippen molar-refractivity contribution in [3.05, 3.63) is 59.4 Å². The molecule has 7 nitrogen and oxygen atoms in total. The highest BCUT2D eigenvalue weighted by Gasteiger charge is 2.29. The summed E-state index contributed by atoms with van der Waals surface area (Å²) in [7, 11) is 0. The molecule has 0 spiro atoms. The van der Waals surface area contributed by atoms with Gasteiger partial charge in [-0.1, -0.05) is 19.9 Å². The van der Waals surface area contributed by atoms with Crippen LogP contribution < -0.4 is 9.47 Å². The predicted molar refractivity (Wildman–Crippen MR) is 115 cm³/mol. The minimum absolute atomic E-state index is 0.122. The molecule has 0 N–H and O–H groups in total. The van der Waals surface area contributed by atoms with Crippen LogP contribution in [0, 0.1) is 11.7 Å². The number of benzene rings is 2. The van der Waals surface area contributed by atoms with E-state index >= 15 is 0 Å². The highest BCUT2D eigenvalue weighted by atomic mass is 19.1. The van der Waals surface area contributed by atoms with Crippen molar-refractivity contribution in [1.29, 1.82) is 0 Å². The lowest BCUT2D eigenvalue weighted by Crippen LogP contribution is -2.51. The zero-order valence-corrected chi connectivity index (χ0v) is 18.3. The van der Waals surface area contributed by atoms with Crippen molar-refractivity contribution in [2.75, 3.05) is 39.6 Å². The average molecular weight is 442 g/mol. The highest BCUT2D eigenvalue weighted by molar-refractivity contribution is 5.95. The minimum Gasteiger partial charge on any atom is -0.454 e. The Labute approximate surface area is 186 Å². The van der Waals surface area contributed by atoms with Crippen LogP contribution in [0.3, 0.4) is 0 Å². The molecule has 1 fully saturated rings. The third-order valence-electron chi connectivity index (χ3n) is 5.41. The topological polar surface area (TPSA) is 68.3 Å². The van der Waals surface area contributed by atoms with Gasteiger partial charge in [-0.2, -0.15) is 0 Å². The fourth-order valence-corrected chi connectivity index (χ4v) is 3.96. The van der Waals surface area contributed by atoms with Crippen molar-refractivity contribution in [3.8, 4) is 11.5 Å². The van der Waals surface area contributed by atoms with Crippen molar-refractivity contribution in [1.82, 2.24) is 9.80 Å². The van der Waals surface area contributed by atoms with Crippen LogP contribution in [0.4, 0.5) is 4.39 Å². The second-order valence-electron chi connectivity index (χ2n) is 8.43. The summed E-state index contributed by atoms with van der Waals surface area (Å²) in [5.74, 6) is 0.591. The molecule has 2 aromatic carbocycles. The molecule has 8 heteroatoms. The van der Waals surface area contributed by atoms with Crippen LogP contribution >= 0.6 is 0 Å². The summed E-state index contributed by atoms with van der Waals surface area (Å²) < 4.78 is 30.2. The molecule has 32 heavy (non-hydrogen) atoms. The van der Waals surface area contributed by atoms with Gasteiger partial charge in [0.15, 0.2) is 11.5 Å². The first-order valence-electron chi connectivity index (χ1n) is 10.8. The van der Waals surface area contributed by atoms with E-state index in [1.807, 2.05) is 13.8 Å². The van der Waals surface area contributed by atoms with Crippen LogP contribution in [0.25, 0.3) is 0 Å². The van der Waals surface area contributed by atoms with E-state index in [4.69, 9.17) is 14.2 Å². The normalized spacial score (nSPS) is 17.5. The zero-order valence-electron chi connectivity index (χ0n) is 18.3. The number of ether oxygens (including phenoxy) is 3. The molecule has 0 saturated carbocycles. The molecule has 2 heterocycles. The quantitative estimate of drug-likeness (QED) is 0.687. The Bertz CT molecular complexity index is 996. The summed E-state index contributed by atoms with van der Waals surface area (Å²) in [6.45, 7) is 6.21. The Morgan fingerprint density at radius 1 is 1.12 bits per heavy atom. The van der Waals surface area contributed by atoms with Crippen molar-refractivity contribution < 1.29 is 28.2 Å². The molecule has 0 bridgehead atoms. The Balaban J connectivity index is 1.45. The maximum atomic E-state index is 13.6. The summed E-state index contributed by atoms with van der Waals surface area (Å²) in [6.07, 6.45) is -0.335. The Morgan fingerprint density at radius 2 is 1.94 bits per heavy atom. The molecular formula is C24H27FN2O5. The zero-order chi connectivity index (χ0) is 22.7. The highest BCUT2D eigenvalue weighted by Crippen LogP contribution is 2.33. The third kappa shape index (κ3) is 5.02. The number of fused-ring (bicyclic) bond motifs is 1. The average Bonchev–Trinajstić information content (AvgIpc) is 3.25. The molecular weight excluding hydrogens is 415 g/mol. The van der Waals surface area contributed by atoms with Gasteiger partial charge < -0.3 is 24.0 Å². The van der Waals surface area contributed by atoms with Gasteiger partial charge in [-0.15, -0.1) is 0 Å². The fraction of sp³-hybridized carbons (Fsp3) is 0.417. The van der Waals surface area contributed by atoms with Gasteiger partial charge >= 0.3 is 0 Å². The molecule has 2 aliphatic rings. The standard InChI is InChI=1S/C24H27FN2O5/c1-16(2)12-27(24(29)17-4-3-5-19(25)10-17)14-20-13-26(8-9-30-20)23(28)18-6-7-21-22(11-18)32-15-31-21/h3-7,10-11,16,20H,8-9,12-15H2,1-2H3. The van der Waals surface area contributed by atoms with Crippen LogP contribution in [0.15, 0.2) is 42.5 Å².